The Balaban J connectivity index is 2.27. The summed E-state index contributed by atoms with van der Waals surface area (Å²) in [5.74, 6) is -1.96. The molecule has 1 amide bonds. The maximum absolute atomic E-state index is 12.7. The van der Waals surface area contributed by atoms with Crippen LogP contribution in [0.1, 0.15) is 27.5 Å². The van der Waals surface area contributed by atoms with Crippen molar-refractivity contribution < 1.29 is 23.1 Å². The lowest BCUT2D eigenvalue weighted by molar-refractivity contribution is -0.141. The van der Waals surface area contributed by atoms with Gasteiger partial charge < -0.3 is 15.8 Å². The second-order valence-electron chi connectivity index (χ2n) is 5.16. The lowest BCUT2D eigenvalue weighted by atomic mass is 9.99. The van der Waals surface area contributed by atoms with E-state index >= 15 is 0 Å². The van der Waals surface area contributed by atoms with Crippen LogP contribution >= 0.6 is 0 Å². The molecule has 0 aliphatic rings. The third kappa shape index (κ3) is 4.30. The Labute approximate surface area is 145 Å². The van der Waals surface area contributed by atoms with Gasteiger partial charge in [0.15, 0.2) is 5.69 Å². The number of halogens is 3. The molecule has 26 heavy (non-hydrogen) atoms. The number of alkyl halides is 3. The van der Waals surface area contributed by atoms with E-state index in [4.69, 9.17) is 15.9 Å². The summed E-state index contributed by atoms with van der Waals surface area (Å²) in [6, 6.07) is 2.10. The van der Waals surface area contributed by atoms with E-state index in [1.807, 2.05) is 0 Å². The molecule has 11 heteroatoms. The van der Waals surface area contributed by atoms with Crippen molar-refractivity contribution in [1.29, 1.82) is 10.8 Å². The monoisotopic (exact) mass is 368 g/mol. The van der Waals surface area contributed by atoms with E-state index in [0.717, 1.165) is 23.2 Å². The minimum absolute atomic E-state index is 0.0420. The largest absolute Gasteiger partial charge is 0.435 e. The molecule has 0 saturated carbocycles. The van der Waals surface area contributed by atoms with Gasteiger partial charge in [0.2, 0.25) is 0 Å². The van der Waals surface area contributed by atoms with Crippen LogP contribution in [0.5, 0.6) is 0 Å². The number of aromatic nitrogens is 3. The topological polar surface area (TPSA) is 128 Å². The van der Waals surface area contributed by atoms with Crippen LogP contribution in [-0.2, 0) is 6.18 Å². The smallest absolute Gasteiger partial charge is 0.395 e. The summed E-state index contributed by atoms with van der Waals surface area (Å²) < 4.78 is 38.7. The molecule has 1 atom stereocenters. The number of carbonyl (C=O) groups excluding carboxylic acids is 1. The Morgan fingerprint density at radius 1 is 1.42 bits per heavy atom. The molecule has 1 unspecified atom stereocenters. The van der Waals surface area contributed by atoms with E-state index < -0.39 is 29.5 Å². The number of aliphatic hydroxyl groups is 1. The molecule has 2 heterocycles. The third-order valence-electron chi connectivity index (χ3n) is 3.37. The predicted molar refractivity (Wildman–Crippen MR) is 85.5 cm³/mol. The van der Waals surface area contributed by atoms with Gasteiger partial charge in [-0.25, -0.2) is 4.68 Å². The first-order valence-electron chi connectivity index (χ1n) is 7.34. The number of carbonyl (C=O) groups is 1. The fourth-order valence-corrected chi connectivity index (χ4v) is 2.11. The Bertz CT molecular complexity index is 818. The number of nitrogens with one attached hydrogen (secondary N) is 3. The number of amides is 1. The summed E-state index contributed by atoms with van der Waals surface area (Å²) in [5, 5.41) is 30.0. The minimum atomic E-state index is -4.64. The van der Waals surface area contributed by atoms with Gasteiger partial charge >= 0.3 is 6.18 Å². The maximum atomic E-state index is 12.7. The summed E-state index contributed by atoms with van der Waals surface area (Å²) in [6.45, 7) is -0.201. The summed E-state index contributed by atoms with van der Waals surface area (Å²) in [4.78, 5) is 15.8. The molecule has 2 aromatic rings. The zero-order valence-electron chi connectivity index (χ0n) is 13.3. The van der Waals surface area contributed by atoms with Crippen molar-refractivity contribution in [2.24, 2.45) is 0 Å². The van der Waals surface area contributed by atoms with Crippen LogP contribution in [0.2, 0.25) is 0 Å². The first-order chi connectivity index (χ1) is 12.3. The van der Waals surface area contributed by atoms with Crippen molar-refractivity contribution >= 4 is 18.0 Å². The van der Waals surface area contributed by atoms with Gasteiger partial charge in [-0.15, -0.1) is 0 Å². The summed E-state index contributed by atoms with van der Waals surface area (Å²) in [5.41, 5.74) is -0.751. The van der Waals surface area contributed by atoms with Gasteiger partial charge in [0.25, 0.3) is 5.91 Å². The lowest BCUT2D eigenvalue weighted by Crippen LogP contribution is -2.27. The molecule has 8 nitrogen and oxygen atoms in total. The summed E-state index contributed by atoms with van der Waals surface area (Å²) in [7, 11) is 0. The zero-order chi connectivity index (χ0) is 19.3. The van der Waals surface area contributed by atoms with Crippen LogP contribution in [-0.4, -0.2) is 51.0 Å². The van der Waals surface area contributed by atoms with Crippen LogP contribution in [0.4, 0.5) is 13.2 Å². The molecule has 0 aliphatic carbocycles. The van der Waals surface area contributed by atoms with Crippen LogP contribution in [0.25, 0.3) is 0 Å². The Morgan fingerprint density at radius 2 is 2.15 bits per heavy atom. The van der Waals surface area contributed by atoms with E-state index in [2.05, 4.69) is 15.4 Å². The van der Waals surface area contributed by atoms with Crippen molar-refractivity contribution in [2.75, 3.05) is 13.2 Å². The second-order valence-corrected chi connectivity index (χ2v) is 5.16. The van der Waals surface area contributed by atoms with Crippen molar-refractivity contribution in [3.63, 3.8) is 0 Å². The number of hydrogen-bond donors (Lipinski definition) is 4. The van der Waals surface area contributed by atoms with Crippen molar-refractivity contribution in [1.82, 2.24) is 20.1 Å². The molecule has 0 bridgehead atoms. The molecule has 0 spiro atoms. The van der Waals surface area contributed by atoms with E-state index in [0.29, 0.717) is 0 Å². The maximum Gasteiger partial charge on any atom is 0.435 e. The van der Waals surface area contributed by atoms with E-state index in [-0.39, 0.29) is 24.3 Å². The molecule has 2 aromatic heterocycles. The molecule has 0 saturated heterocycles. The van der Waals surface area contributed by atoms with E-state index in [1.54, 1.807) is 0 Å². The highest BCUT2D eigenvalue weighted by molar-refractivity contribution is 6.01. The standard InChI is InChI=1S/C15H15F3N6O2/c16-15(17,18)12-1-3-24(23-12)13(20)11(6-19)9-5-10(8-21-7-9)14(26)22-2-4-25/h1,3,5-8,11,19-20,25H,2,4H2,(H,22,26). The molecule has 0 radical (unpaired) electrons. The van der Waals surface area contributed by atoms with Gasteiger partial charge in [-0.05, 0) is 17.7 Å². The molecule has 2 rings (SSSR count). The van der Waals surface area contributed by atoms with Gasteiger partial charge in [0.05, 0.1) is 18.1 Å². The third-order valence-corrected chi connectivity index (χ3v) is 3.37. The number of pyridine rings is 1. The second kappa shape index (κ2) is 7.87. The van der Waals surface area contributed by atoms with E-state index in [9.17, 15) is 18.0 Å². The summed E-state index contributed by atoms with van der Waals surface area (Å²) >= 11 is 0. The Kier molecular flexibility index (Phi) is 5.82. The van der Waals surface area contributed by atoms with Crippen LogP contribution < -0.4 is 5.32 Å². The van der Waals surface area contributed by atoms with Gasteiger partial charge in [-0.1, -0.05) is 0 Å². The average molecular weight is 368 g/mol. The number of rotatable bonds is 6. The predicted octanol–water partition coefficient (Wildman–Crippen LogP) is 1.28. The first-order valence-corrected chi connectivity index (χ1v) is 7.34. The van der Waals surface area contributed by atoms with Crippen molar-refractivity contribution in [2.45, 2.75) is 12.1 Å². The van der Waals surface area contributed by atoms with E-state index in [1.165, 1.54) is 18.5 Å². The quantitative estimate of drug-likeness (QED) is 0.452. The minimum Gasteiger partial charge on any atom is -0.395 e. The van der Waals surface area contributed by atoms with Crippen LogP contribution in [0, 0.1) is 10.8 Å². The number of hydrogen-bond acceptors (Lipinski definition) is 6. The highest BCUT2D eigenvalue weighted by atomic mass is 19.4. The molecular weight excluding hydrogens is 353 g/mol. The molecule has 0 aromatic carbocycles. The van der Waals surface area contributed by atoms with Gasteiger partial charge in [-0.2, -0.15) is 18.3 Å². The average Bonchev–Trinajstić information content (AvgIpc) is 3.11. The van der Waals surface area contributed by atoms with Crippen molar-refractivity contribution in [3.8, 4) is 0 Å². The van der Waals surface area contributed by atoms with Gasteiger partial charge in [-0.3, -0.25) is 15.2 Å². The highest BCUT2D eigenvalue weighted by Crippen LogP contribution is 2.27. The molecule has 0 aliphatic heterocycles. The van der Waals surface area contributed by atoms with Gasteiger partial charge in [0.1, 0.15) is 5.84 Å². The first kappa shape index (κ1) is 19.2. The molecule has 138 valence electrons. The fraction of sp³-hybridized carbons (Fsp3) is 0.267. The summed E-state index contributed by atoms with van der Waals surface area (Å²) in [6.07, 6.45) is -0.244. The lowest BCUT2D eigenvalue weighted by Gasteiger charge is -2.14. The number of aliphatic hydroxyl groups excluding tert-OH is 1. The number of nitrogens with zero attached hydrogens (tertiary/aromatic N) is 3. The highest BCUT2D eigenvalue weighted by Gasteiger charge is 2.34. The fourth-order valence-electron chi connectivity index (χ4n) is 2.11. The SMILES string of the molecule is N=CC(C(=N)n1ccc(C(F)(F)F)n1)c1cncc(C(=O)NCCO)c1. The normalized spacial score (nSPS) is 12.5. The van der Waals surface area contributed by atoms with Crippen LogP contribution in [0.15, 0.2) is 30.7 Å². The zero-order valence-corrected chi connectivity index (χ0v) is 13.3. The van der Waals surface area contributed by atoms with Gasteiger partial charge in [0, 0.05) is 31.3 Å². The Hall–Kier alpha value is -3.08. The van der Waals surface area contributed by atoms with Crippen LogP contribution in [0.3, 0.4) is 0 Å². The van der Waals surface area contributed by atoms with Crippen molar-refractivity contribution in [3.05, 3.63) is 47.5 Å². The molecule has 0 fully saturated rings. The molecular formula is C15H15F3N6O2. The molecule has 4 N–H and O–H groups in total. The Morgan fingerprint density at radius 3 is 2.73 bits per heavy atom.